The van der Waals surface area contributed by atoms with Crippen molar-refractivity contribution in [2.24, 2.45) is 0 Å². The standard InChI is InChI=1S/C25H27ClN2O4S/c1-4-22(19-8-6-5-7-9-19)27-25(29)17-28(23-16-20(26)12-15-24(23)32-3)33(30,31)21-13-10-18(2)11-14-21/h5-16,22H,4,17H2,1-3H3,(H,27,29)/t22-/m1/s1. The number of amides is 1. The Bertz CT molecular complexity index is 1200. The van der Waals surface area contributed by atoms with E-state index >= 15 is 0 Å². The summed E-state index contributed by atoms with van der Waals surface area (Å²) in [7, 11) is -2.65. The van der Waals surface area contributed by atoms with Crippen molar-refractivity contribution in [3.05, 3.63) is 88.9 Å². The van der Waals surface area contributed by atoms with Crippen molar-refractivity contribution < 1.29 is 17.9 Å². The number of hydrogen-bond donors (Lipinski definition) is 1. The van der Waals surface area contributed by atoms with Gasteiger partial charge in [-0.25, -0.2) is 8.42 Å². The lowest BCUT2D eigenvalue weighted by Gasteiger charge is -2.27. The van der Waals surface area contributed by atoms with Crippen LogP contribution in [-0.2, 0) is 14.8 Å². The maximum Gasteiger partial charge on any atom is 0.264 e. The van der Waals surface area contributed by atoms with Gasteiger partial charge in [0.1, 0.15) is 12.3 Å². The van der Waals surface area contributed by atoms with E-state index in [4.69, 9.17) is 16.3 Å². The summed E-state index contributed by atoms with van der Waals surface area (Å²) in [4.78, 5) is 13.2. The number of nitrogens with zero attached hydrogens (tertiary/aromatic N) is 1. The summed E-state index contributed by atoms with van der Waals surface area (Å²) in [6.07, 6.45) is 0.654. The van der Waals surface area contributed by atoms with E-state index in [1.54, 1.807) is 24.3 Å². The molecule has 0 fully saturated rings. The summed E-state index contributed by atoms with van der Waals surface area (Å²) < 4.78 is 33.7. The van der Waals surface area contributed by atoms with Gasteiger partial charge in [-0.1, -0.05) is 66.6 Å². The van der Waals surface area contributed by atoms with Crippen molar-refractivity contribution in [1.29, 1.82) is 0 Å². The number of carbonyl (C=O) groups is 1. The maximum atomic E-state index is 13.6. The number of rotatable bonds is 9. The van der Waals surface area contributed by atoms with Crippen molar-refractivity contribution in [3.63, 3.8) is 0 Å². The third-order valence-corrected chi connectivity index (χ3v) is 7.26. The maximum absolute atomic E-state index is 13.6. The first kappa shape index (κ1) is 24.6. The molecule has 0 saturated heterocycles. The molecular weight excluding hydrogens is 460 g/mol. The van der Waals surface area contributed by atoms with Crippen molar-refractivity contribution in [1.82, 2.24) is 5.32 Å². The monoisotopic (exact) mass is 486 g/mol. The number of anilines is 1. The van der Waals surface area contributed by atoms with Gasteiger partial charge in [0.2, 0.25) is 5.91 Å². The molecule has 0 spiro atoms. The molecule has 0 radical (unpaired) electrons. The summed E-state index contributed by atoms with van der Waals surface area (Å²) in [6, 6.07) is 20.4. The minimum Gasteiger partial charge on any atom is -0.495 e. The van der Waals surface area contributed by atoms with Crippen molar-refractivity contribution in [2.75, 3.05) is 18.0 Å². The van der Waals surface area contributed by atoms with Crippen LogP contribution in [0.1, 0.15) is 30.5 Å². The fourth-order valence-corrected chi connectivity index (χ4v) is 5.06. The van der Waals surface area contributed by atoms with Crippen LogP contribution in [0.2, 0.25) is 5.02 Å². The molecule has 8 heteroatoms. The molecule has 0 aromatic heterocycles. The normalized spacial score (nSPS) is 12.1. The predicted molar refractivity (Wildman–Crippen MR) is 131 cm³/mol. The molecule has 0 saturated carbocycles. The van der Waals surface area contributed by atoms with Crippen LogP contribution in [0, 0.1) is 6.92 Å². The van der Waals surface area contributed by atoms with E-state index in [1.165, 1.54) is 25.3 Å². The van der Waals surface area contributed by atoms with Crippen LogP contribution in [-0.4, -0.2) is 28.0 Å². The number of sulfonamides is 1. The van der Waals surface area contributed by atoms with E-state index in [1.807, 2.05) is 44.2 Å². The summed E-state index contributed by atoms with van der Waals surface area (Å²) in [5.41, 5.74) is 2.06. The van der Waals surface area contributed by atoms with Gasteiger partial charge < -0.3 is 10.1 Å². The molecule has 1 amide bonds. The molecule has 0 aliphatic heterocycles. The predicted octanol–water partition coefficient (Wildman–Crippen LogP) is 5.12. The lowest BCUT2D eigenvalue weighted by molar-refractivity contribution is -0.120. The Balaban J connectivity index is 2.00. The van der Waals surface area contributed by atoms with Crippen LogP contribution >= 0.6 is 11.6 Å². The second kappa shape index (κ2) is 10.7. The van der Waals surface area contributed by atoms with Gasteiger partial charge in [0.05, 0.1) is 23.7 Å². The second-order valence-corrected chi connectivity index (χ2v) is 9.88. The number of ether oxygens (including phenoxy) is 1. The Morgan fingerprint density at radius 3 is 2.33 bits per heavy atom. The Morgan fingerprint density at radius 2 is 1.73 bits per heavy atom. The van der Waals surface area contributed by atoms with E-state index in [2.05, 4.69) is 5.32 Å². The summed E-state index contributed by atoms with van der Waals surface area (Å²) in [5, 5.41) is 3.27. The fraction of sp³-hybridized carbons (Fsp3) is 0.240. The van der Waals surface area contributed by atoms with Crippen LogP contribution in [0.25, 0.3) is 0 Å². The summed E-state index contributed by atoms with van der Waals surface area (Å²) >= 11 is 6.18. The van der Waals surface area contributed by atoms with Gasteiger partial charge >= 0.3 is 0 Å². The fourth-order valence-electron chi connectivity index (χ4n) is 3.47. The van der Waals surface area contributed by atoms with E-state index in [0.717, 1.165) is 15.4 Å². The van der Waals surface area contributed by atoms with Gasteiger partial charge in [-0.2, -0.15) is 0 Å². The number of nitrogens with one attached hydrogen (secondary N) is 1. The molecule has 3 rings (SSSR count). The number of carbonyl (C=O) groups excluding carboxylic acids is 1. The highest BCUT2D eigenvalue weighted by molar-refractivity contribution is 7.92. The Hall–Kier alpha value is -3.03. The van der Waals surface area contributed by atoms with Crippen molar-refractivity contribution in [2.45, 2.75) is 31.2 Å². The minimum atomic E-state index is -4.09. The largest absolute Gasteiger partial charge is 0.495 e. The third kappa shape index (κ3) is 5.86. The molecular formula is C25H27ClN2O4S. The van der Waals surface area contributed by atoms with Crippen LogP contribution in [0.4, 0.5) is 5.69 Å². The van der Waals surface area contributed by atoms with Gasteiger partial charge in [-0.3, -0.25) is 9.10 Å². The lowest BCUT2D eigenvalue weighted by atomic mass is 10.0. The first-order chi connectivity index (χ1) is 15.8. The van der Waals surface area contributed by atoms with Crippen molar-refractivity contribution in [3.8, 4) is 5.75 Å². The zero-order valence-corrected chi connectivity index (χ0v) is 20.4. The molecule has 1 atom stereocenters. The highest BCUT2D eigenvalue weighted by atomic mass is 35.5. The quantitative estimate of drug-likeness (QED) is 0.455. The lowest BCUT2D eigenvalue weighted by Crippen LogP contribution is -2.42. The van der Waals surface area contributed by atoms with Gasteiger partial charge in [0.15, 0.2) is 0 Å². The SMILES string of the molecule is CC[C@@H](NC(=O)CN(c1cc(Cl)ccc1OC)S(=O)(=O)c1ccc(C)cc1)c1ccccc1. The number of halogens is 1. The zero-order valence-electron chi connectivity index (χ0n) is 18.8. The number of methoxy groups -OCH3 is 1. The van der Waals surface area contributed by atoms with Crippen LogP contribution in [0.5, 0.6) is 5.75 Å². The van der Waals surface area contributed by atoms with Crippen LogP contribution in [0.3, 0.4) is 0 Å². The van der Waals surface area contributed by atoms with Gasteiger partial charge in [0.25, 0.3) is 10.0 Å². The topological polar surface area (TPSA) is 75.7 Å². The first-order valence-corrected chi connectivity index (χ1v) is 12.3. The average molecular weight is 487 g/mol. The van der Waals surface area contributed by atoms with Crippen LogP contribution < -0.4 is 14.4 Å². The summed E-state index contributed by atoms with van der Waals surface area (Å²) in [6.45, 7) is 3.39. The molecule has 3 aromatic rings. The van der Waals surface area contributed by atoms with Gasteiger partial charge in [0, 0.05) is 5.02 Å². The van der Waals surface area contributed by atoms with E-state index in [0.29, 0.717) is 11.4 Å². The highest BCUT2D eigenvalue weighted by Crippen LogP contribution is 2.35. The molecule has 33 heavy (non-hydrogen) atoms. The Labute approximate surface area is 200 Å². The zero-order chi connectivity index (χ0) is 24.0. The average Bonchev–Trinajstić information content (AvgIpc) is 2.81. The number of aryl methyl sites for hydroxylation is 1. The third-order valence-electron chi connectivity index (χ3n) is 5.25. The number of benzene rings is 3. The van der Waals surface area contributed by atoms with Crippen molar-refractivity contribution >= 4 is 33.2 Å². The summed E-state index contributed by atoms with van der Waals surface area (Å²) in [5.74, 6) is -0.151. The minimum absolute atomic E-state index is 0.0676. The number of hydrogen-bond acceptors (Lipinski definition) is 4. The molecule has 3 aromatic carbocycles. The van der Waals surface area contributed by atoms with Gasteiger partial charge in [-0.15, -0.1) is 0 Å². The second-order valence-electron chi connectivity index (χ2n) is 7.58. The van der Waals surface area contributed by atoms with E-state index in [9.17, 15) is 13.2 Å². The Kier molecular flexibility index (Phi) is 8.00. The van der Waals surface area contributed by atoms with Crippen LogP contribution in [0.15, 0.2) is 77.7 Å². The molecule has 0 unspecified atom stereocenters. The molecule has 6 nitrogen and oxygen atoms in total. The molecule has 1 N–H and O–H groups in total. The molecule has 174 valence electrons. The molecule has 0 aliphatic rings. The Morgan fingerprint density at radius 1 is 1.06 bits per heavy atom. The van der Waals surface area contributed by atoms with Gasteiger partial charge in [-0.05, 0) is 49.2 Å². The highest BCUT2D eigenvalue weighted by Gasteiger charge is 2.30. The molecule has 0 aliphatic carbocycles. The van der Waals surface area contributed by atoms with E-state index < -0.39 is 22.5 Å². The first-order valence-electron chi connectivity index (χ1n) is 10.5. The van der Waals surface area contributed by atoms with E-state index in [-0.39, 0.29) is 22.4 Å². The molecule has 0 bridgehead atoms. The molecule has 0 heterocycles. The smallest absolute Gasteiger partial charge is 0.264 e.